The van der Waals surface area contributed by atoms with Gasteiger partial charge in [-0.05, 0) is 87.8 Å². The average Bonchev–Trinajstić information content (AvgIpc) is 3.59. The molecule has 0 radical (unpaired) electrons. The van der Waals surface area contributed by atoms with E-state index >= 15 is 0 Å². The van der Waals surface area contributed by atoms with Gasteiger partial charge in [-0.3, -0.25) is 0 Å². The van der Waals surface area contributed by atoms with Crippen LogP contribution in [0.1, 0.15) is 0 Å². The van der Waals surface area contributed by atoms with E-state index in [1.54, 1.807) is 0 Å². The SMILES string of the molecule is c1ccc(-c2ccc(N(c3ccc(-c4ccc(-n5c(-c6ccccc6)cc6ccccc65)cc4)cc3)c3cccc4ccccc34)cc2)cc1. The third-order valence-electron chi connectivity index (χ3n) is 9.60. The van der Waals surface area contributed by atoms with Crippen molar-refractivity contribution in [1.82, 2.24) is 4.57 Å². The van der Waals surface area contributed by atoms with Crippen molar-refractivity contribution >= 4 is 38.7 Å². The lowest BCUT2D eigenvalue weighted by Crippen LogP contribution is -2.10. The van der Waals surface area contributed by atoms with Crippen LogP contribution >= 0.6 is 0 Å². The van der Waals surface area contributed by atoms with E-state index in [9.17, 15) is 0 Å². The first kappa shape index (κ1) is 29.5. The topological polar surface area (TPSA) is 8.17 Å². The van der Waals surface area contributed by atoms with Gasteiger partial charge < -0.3 is 9.47 Å². The zero-order valence-corrected chi connectivity index (χ0v) is 27.5. The summed E-state index contributed by atoms with van der Waals surface area (Å²) >= 11 is 0. The third-order valence-corrected chi connectivity index (χ3v) is 9.60. The normalized spacial score (nSPS) is 11.2. The lowest BCUT2D eigenvalue weighted by Gasteiger charge is -2.27. The summed E-state index contributed by atoms with van der Waals surface area (Å²) < 4.78 is 2.36. The Morgan fingerprint density at radius 2 is 0.820 bits per heavy atom. The van der Waals surface area contributed by atoms with Crippen LogP contribution in [-0.2, 0) is 0 Å². The van der Waals surface area contributed by atoms with Crippen molar-refractivity contribution in [3.05, 3.63) is 206 Å². The molecule has 0 fully saturated rings. The molecule has 0 atom stereocenters. The Kier molecular flexibility index (Phi) is 7.53. The smallest absolute Gasteiger partial charge is 0.0540 e. The van der Waals surface area contributed by atoms with Gasteiger partial charge in [0.25, 0.3) is 0 Å². The quantitative estimate of drug-likeness (QED) is 0.169. The minimum absolute atomic E-state index is 1.11. The van der Waals surface area contributed by atoms with Crippen LogP contribution in [0.15, 0.2) is 206 Å². The van der Waals surface area contributed by atoms with Gasteiger partial charge in [0.15, 0.2) is 0 Å². The van der Waals surface area contributed by atoms with Crippen molar-refractivity contribution in [3.8, 4) is 39.2 Å². The maximum absolute atomic E-state index is 2.37. The molecule has 9 aromatic rings. The molecule has 8 aromatic carbocycles. The molecule has 0 aliphatic rings. The van der Waals surface area contributed by atoms with Crippen LogP contribution in [0.25, 0.3) is 60.9 Å². The third kappa shape index (κ3) is 5.43. The summed E-state index contributed by atoms with van der Waals surface area (Å²) in [5, 5.41) is 3.67. The van der Waals surface area contributed by atoms with Crippen LogP contribution in [-0.4, -0.2) is 4.57 Å². The lowest BCUT2D eigenvalue weighted by molar-refractivity contribution is 1.13. The number of benzene rings is 8. The Morgan fingerprint density at radius 3 is 1.46 bits per heavy atom. The second-order valence-electron chi connectivity index (χ2n) is 12.6. The number of hydrogen-bond acceptors (Lipinski definition) is 1. The molecule has 0 bridgehead atoms. The summed E-state index contributed by atoms with van der Waals surface area (Å²) in [5.41, 5.74) is 12.9. The second-order valence-corrected chi connectivity index (χ2v) is 12.6. The van der Waals surface area contributed by atoms with Crippen molar-refractivity contribution in [1.29, 1.82) is 0 Å². The van der Waals surface area contributed by atoms with Gasteiger partial charge in [0.2, 0.25) is 0 Å². The van der Waals surface area contributed by atoms with Crippen LogP contribution < -0.4 is 4.90 Å². The molecule has 1 heterocycles. The molecular weight excluding hydrogens is 605 g/mol. The Morgan fingerprint density at radius 1 is 0.340 bits per heavy atom. The molecule has 2 heteroatoms. The molecule has 50 heavy (non-hydrogen) atoms. The number of hydrogen-bond donors (Lipinski definition) is 0. The summed E-state index contributed by atoms with van der Waals surface area (Å²) in [6.07, 6.45) is 0. The summed E-state index contributed by atoms with van der Waals surface area (Å²) in [6, 6.07) is 74.0. The van der Waals surface area contributed by atoms with Gasteiger partial charge in [0, 0.05) is 27.8 Å². The van der Waals surface area contributed by atoms with Gasteiger partial charge >= 0.3 is 0 Å². The highest BCUT2D eigenvalue weighted by atomic mass is 15.1. The van der Waals surface area contributed by atoms with E-state index in [1.165, 1.54) is 55.2 Å². The molecule has 0 saturated carbocycles. The van der Waals surface area contributed by atoms with Gasteiger partial charge in [0.05, 0.1) is 16.9 Å². The van der Waals surface area contributed by atoms with Crippen molar-refractivity contribution < 1.29 is 0 Å². The van der Waals surface area contributed by atoms with E-state index in [0.29, 0.717) is 0 Å². The molecule has 0 saturated heterocycles. The maximum atomic E-state index is 2.37. The largest absolute Gasteiger partial charge is 0.310 e. The number of para-hydroxylation sites is 1. The van der Waals surface area contributed by atoms with E-state index in [0.717, 1.165) is 22.7 Å². The van der Waals surface area contributed by atoms with E-state index in [4.69, 9.17) is 0 Å². The highest BCUT2D eigenvalue weighted by molar-refractivity contribution is 5.99. The fourth-order valence-electron chi connectivity index (χ4n) is 7.12. The Hall–Kier alpha value is -6.64. The lowest BCUT2D eigenvalue weighted by atomic mass is 10.0. The first-order chi connectivity index (χ1) is 24.8. The Labute approximate surface area is 292 Å². The first-order valence-corrected chi connectivity index (χ1v) is 17.1. The Bertz CT molecular complexity index is 2540. The molecule has 236 valence electrons. The standard InChI is InChI=1S/C48H34N2/c1-3-12-35(13-4-1)36-22-28-42(29-23-36)49(47-21-11-18-39-14-7-9-19-45(39)47)43-30-24-37(25-31-43)38-26-32-44(33-27-38)50-46-20-10-8-17-41(46)34-48(50)40-15-5-2-6-16-40/h1-34H. The maximum Gasteiger partial charge on any atom is 0.0540 e. The molecule has 2 nitrogen and oxygen atoms in total. The van der Waals surface area contributed by atoms with E-state index in [1.807, 2.05) is 0 Å². The highest BCUT2D eigenvalue weighted by Crippen LogP contribution is 2.40. The number of nitrogens with zero attached hydrogens (tertiary/aromatic N) is 2. The van der Waals surface area contributed by atoms with E-state index in [2.05, 4.69) is 216 Å². The molecule has 0 unspecified atom stereocenters. The zero-order valence-electron chi connectivity index (χ0n) is 27.5. The highest BCUT2D eigenvalue weighted by Gasteiger charge is 2.16. The van der Waals surface area contributed by atoms with Gasteiger partial charge in [0.1, 0.15) is 0 Å². The Balaban J connectivity index is 1.08. The number of anilines is 3. The fraction of sp³-hybridized carbons (Fsp3) is 0. The first-order valence-electron chi connectivity index (χ1n) is 17.1. The van der Waals surface area contributed by atoms with Crippen molar-refractivity contribution in [2.24, 2.45) is 0 Å². The number of aromatic nitrogens is 1. The van der Waals surface area contributed by atoms with Crippen molar-refractivity contribution in [2.75, 3.05) is 4.90 Å². The minimum Gasteiger partial charge on any atom is -0.310 e. The molecule has 1 aromatic heterocycles. The molecule has 0 aliphatic carbocycles. The predicted molar refractivity (Wildman–Crippen MR) is 212 cm³/mol. The monoisotopic (exact) mass is 638 g/mol. The molecule has 0 N–H and O–H groups in total. The number of fused-ring (bicyclic) bond motifs is 2. The van der Waals surface area contributed by atoms with E-state index < -0.39 is 0 Å². The molecule has 0 spiro atoms. The van der Waals surface area contributed by atoms with Gasteiger partial charge in [-0.2, -0.15) is 0 Å². The molecule has 9 rings (SSSR count). The second kappa shape index (κ2) is 12.8. The van der Waals surface area contributed by atoms with Crippen LogP contribution in [0.4, 0.5) is 17.1 Å². The summed E-state index contributed by atoms with van der Waals surface area (Å²) in [7, 11) is 0. The summed E-state index contributed by atoms with van der Waals surface area (Å²) in [4.78, 5) is 2.37. The number of rotatable bonds is 7. The van der Waals surface area contributed by atoms with E-state index in [-0.39, 0.29) is 0 Å². The molecule has 0 aliphatic heterocycles. The van der Waals surface area contributed by atoms with Crippen molar-refractivity contribution in [3.63, 3.8) is 0 Å². The summed E-state index contributed by atoms with van der Waals surface area (Å²) in [6.45, 7) is 0. The predicted octanol–water partition coefficient (Wildman–Crippen LogP) is 13.3. The van der Waals surface area contributed by atoms with Crippen LogP contribution in [0.3, 0.4) is 0 Å². The van der Waals surface area contributed by atoms with Crippen LogP contribution in [0, 0.1) is 0 Å². The van der Waals surface area contributed by atoms with Crippen LogP contribution in [0.5, 0.6) is 0 Å². The van der Waals surface area contributed by atoms with Crippen LogP contribution in [0.2, 0.25) is 0 Å². The molecule has 0 amide bonds. The minimum atomic E-state index is 1.11. The summed E-state index contributed by atoms with van der Waals surface area (Å²) in [5.74, 6) is 0. The fourth-order valence-corrected chi connectivity index (χ4v) is 7.12. The van der Waals surface area contributed by atoms with Gasteiger partial charge in [-0.15, -0.1) is 0 Å². The van der Waals surface area contributed by atoms with Crippen molar-refractivity contribution in [2.45, 2.75) is 0 Å². The van der Waals surface area contributed by atoms with Gasteiger partial charge in [-0.1, -0.05) is 152 Å². The zero-order chi connectivity index (χ0) is 33.3. The molecular formula is C48H34N2. The van der Waals surface area contributed by atoms with Gasteiger partial charge in [-0.25, -0.2) is 0 Å². The average molecular weight is 639 g/mol.